The molecule has 14 heavy (non-hydrogen) atoms. The molecule has 0 aromatic heterocycles. The van der Waals surface area contributed by atoms with E-state index in [2.05, 4.69) is 0 Å². The van der Waals surface area contributed by atoms with Gasteiger partial charge in [-0.1, -0.05) is 23.2 Å². The largest absolute Gasteiger partial charge is 0.418 e. The maximum Gasteiger partial charge on any atom is 0.418 e. The van der Waals surface area contributed by atoms with E-state index in [-0.39, 0.29) is 15.6 Å². The molecule has 0 saturated carbocycles. The molecule has 0 unspecified atom stereocenters. The van der Waals surface area contributed by atoms with Crippen LogP contribution in [0.3, 0.4) is 0 Å². The molecule has 0 heterocycles. The molecule has 0 aliphatic heterocycles. The Bertz CT molecular complexity index is 348. The molecule has 0 amide bonds. The SMILES string of the molecule is Cc1c(Cl)cc(Cl)c(N)c1C(F)(F)F. The van der Waals surface area contributed by atoms with E-state index in [9.17, 15) is 13.2 Å². The van der Waals surface area contributed by atoms with Crippen molar-refractivity contribution in [2.45, 2.75) is 13.1 Å². The number of rotatable bonds is 0. The molecule has 2 N–H and O–H groups in total. The molecule has 1 nitrogen and oxygen atoms in total. The summed E-state index contributed by atoms with van der Waals surface area (Å²) in [6, 6.07) is 1.20. The lowest BCUT2D eigenvalue weighted by Crippen LogP contribution is -2.12. The molecule has 6 heteroatoms. The fourth-order valence-electron chi connectivity index (χ4n) is 1.10. The molecule has 1 aromatic carbocycles. The Hall–Kier alpha value is -0.610. The monoisotopic (exact) mass is 243 g/mol. The second kappa shape index (κ2) is 3.51. The van der Waals surface area contributed by atoms with Gasteiger partial charge in [0.25, 0.3) is 0 Å². The van der Waals surface area contributed by atoms with Crippen molar-refractivity contribution in [2.75, 3.05) is 5.73 Å². The minimum absolute atomic E-state index is 0.0449. The highest BCUT2D eigenvalue weighted by Crippen LogP contribution is 2.41. The van der Waals surface area contributed by atoms with Gasteiger partial charge in [-0.15, -0.1) is 0 Å². The van der Waals surface area contributed by atoms with E-state index in [1.54, 1.807) is 0 Å². The van der Waals surface area contributed by atoms with Gasteiger partial charge in [-0.3, -0.25) is 0 Å². The van der Waals surface area contributed by atoms with Gasteiger partial charge in [-0.2, -0.15) is 13.2 Å². The Balaban J connectivity index is 3.56. The first-order chi connectivity index (χ1) is 6.25. The van der Waals surface area contributed by atoms with Crippen molar-refractivity contribution in [3.63, 3.8) is 0 Å². The van der Waals surface area contributed by atoms with Gasteiger partial charge in [0.2, 0.25) is 0 Å². The average molecular weight is 244 g/mol. The number of nitrogen functional groups attached to an aromatic ring is 1. The predicted molar refractivity (Wildman–Crippen MR) is 50.6 cm³/mol. The van der Waals surface area contributed by atoms with Crippen LogP contribution in [0.2, 0.25) is 10.0 Å². The van der Waals surface area contributed by atoms with Gasteiger partial charge < -0.3 is 5.73 Å². The van der Waals surface area contributed by atoms with E-state index in [1.807, 2.05) is 0 Å². The van der Waals surface area contributed by atoms with E-state index in [4.69, 9.17) is 28.9 Å². The highest BCUT2D eigenvalue weighted by Gasteiger charge is 2.36. The molecule has 0 bridgehead atoms. The topological polar surface area (TPSA) is 26.0 Å². The zero-order valence-corrected chi connectivity index (χ0v) is 8.56. The first-order valence-corrected chi connectivity index (χ1v) is 4.32. The third-order valence-electron chi connectivity index (χ3n) is 1.80. The zero-order valence-electron chi connectivity index (χ0n) is 7.04. The van der Waals surface area contributed by atoms with Gasteiger partial charge in [0, 0.05) is 5.02 Å². The summed E-state index contributed by atoms with van der Waals surface area (Å²) in [7, 11) is 0. The number of halogens is 5. The number of hydrogen-bond acceptors (Lipinski definition) is 1. The standard InChI is InChI=1S/C8H6Cl2F3N/c1-3-4(9)2-5(10)7(14)6(3)8(11,12)13/h2H,14H2,1H3. The fraction of sp³-hybridized carbons (Fsp3) is 0.250. The lowest BCUT2D eigenvalue weighted by atomic mass is 10.1. The van der Waals surface area contributed by atoms with Gasteiger partial charge in [0.1, 0.15) is 0 Å². The van der Waals surface area contributed by atoms with Crippen LogP contribution in [0.1, 0.15) is 11.1 Å². The van der Waals surface area contributed by atoms with E-state index >= 15 is 0 Å². The van der Waals surface area contributed by atoms with E-state index in [0.717, 1.165) is 0 Å². The smallest absolute Gasteiger partial charge is 0.397 e. The second-order valence-electron chi connectivity index (χ2n) is 2.75. The summed E-state index contributed by atoms with van der Waals surface area (Å²) in [4.78, 5) is 0. The maximum absolute atomic E-state index is 12.5. The molecule has 0 fully saturated rings. The van der Waals surface area contributed by atoms with Crippen LogP contribution >= 0.6 is 23.2 Å². The van der Waals surface area contributed by atoms with Gasteiger partial charge >= 0.3 is 6.18 Å². The van der Waals surface area contributed by atoms with Crippen molar-refractivity contribution in [1.29, 1.82) is 0 Å². The number of hydrogen-bond donors (Lipinski definition) is 1. The summed E-state index contributed by atoms with van der Waals surface area (Å²) in [5.41, 5.74) is 3.67. The van der Waals surface area contributed by atoms with Crippen LogP contribution in [0.25, 0.3) is 0 Å². The lowest BCUT2D eigenvalue weighted by Gasteiger charge is -2.15. The molecule has 1 aromatic rings. The highest BCUT2D eigenvalue weighted by atomic mass is 35.5. The van der Waals surface area contributed by atoms with Crippen molar-refractivity contribution in [3.8, 4) is 0 Å². The minimum atomic E-state index is -4.54. The first kappa shape index (κ1) is 11.5. The predicted octanol–water partition coefficient (Wildman–Crippen LogP) is 3.90. The van der Waals surface area contributed by atoms with Crippen molar-refractivity contribution in [1.82, 2.24) is 0 Å². The van der Waals surface area contributed by atoms with Crippen LogP contribution in [0.15, 0.2) is 6.07 Å². The van der Waals surface area contributed by atoms with Crippen LogP contribution < -0.4 is 5.73 Å². The zero-order chi connectivity index (χ0) is 11.1. The molecule has 0 radical (unpaired) electrons. The summed E-state index contributed by atoms with van der Waals surface area (Å²) in [6.45, 7) is 1.25. The van der Waals surface area contributed by atoms with Crippen molar-refractivity contribution < 1.29 is 13.2 Å². The summed E-state index contributed by atoms with van der Waals surface area (Å²) < 4.78 is 37.4. The van der Waals surface area contributed by atoms with Crippen molar-refractivity contribution >= 4 is 28.9 Å². The molecule has 78 valence electrons. The lowest BCUT2D eigenvalue weighted by molar-refractivity contribution is -0.137. The number of anilines is 1. The fourth-order valence-corrected chi connectivity index (χ4v) is 1.57. The molecule has 0 saturated heterocycles. The Morgan fingerprint density at radius 1 is 1.21 bits per heavy atom. The van der Waals surface area contributed by atoms with E-state index in [0.29, 0.717) is 0 Å². The van der Waals surface area contributed by atoms with E-state index in [1.165, 1.54) is 13.0 Å². The van der Waals surface area contributed by atoms with Gasteiger partial charge in [0.15, 0.2) is 0 Å². The normalized spacial score (nSPS) is 11.9. The second-order valence-corrected chi connectivity index (χ2v) is 3.57. The van der Waals surface area contributed by atoms with Crippen LogP contribution in [0.4, 0.5) is 18.9 Å². The molecule has 1 rings (SSSR count). The maximum atomic E-state index is 12.5. The Kier molecular flexibility index (Phi) is 2.88. The molecular weight excluding hydrogens is 238 g/mol. The first-order valence-electron chi connectivity index (χ1n) is 3.56. The minimum Gasteiger partial charge on any atom is -0.397 e. The molecular formula is C8H6Cl2F3N. The van der Waals surface area contributed by atoms with Crippen LogP contribution in [0, 0.1) is 6.92 Å². The average Bonchev–Trinajstić information content (AvgIpc) is 1.98. The molecule has 0 atom stereocenters. The molecule has 0 aliphatic carbocycles. The third-order valence-corrected chi connectivity index (χ3v) is 2.50. The Morgan fingerprint density at radius 3 is 2.14 bits per heavy atom. The third kappa shape index (κ3) is 1.91. The summed E-state index contributed by atoms with van der Waals surface area (Å²) in [5, 5.41) is -0.232. The van der Waals surface area contributed by atoms with Crippen molar-refractivity contribution in [3.05, 3.63) is 27.2 Å². The van der Waals surface area contributed by atoms with Gasteiger partial charge in [-0.05, 0) is 18.6 Å². The Labute approximate surface area is 88.6 Å². The van der Waals surface area contributed by atoms with Gasteiger partial charge in [-0.25, -0.2) is 0 Å². The number of benzene rings is 1. The van der Waals surface area contributed by atoms with Crippen molar-refractivity contribution in [2.24, 2.45) is 0 Å². The quantitative estimate of drug-likeness (QED) is 0.688. The van der Waals surface area contributed by atoms with Crippen LogP contribution in [0.5, 0.6) is 0 Å². The summed E-state index contributed by atoms with van der Waals surface area (Å²) >= 11 is 11.0. The highest BCUT2D eigenvalue weighted by molar-refractivity contribution is 6.37. The molecule has 0 spiro atoms. The van der Waals surface area contributed by atoms with Crippen LogP contribution in [-0.2, 0) is 6.18 Å². The Morgan fingerprint density at radius 2 is 1.71 bits per heavy atom. The summed E-state index contributed by atoms with van der Waals surface area (Å²) in [6.07, 6.45) is -4.54. The van der Waals surface area contributed by atoms with Crippen LogP contribution in [-0.4, -0.2) is 0 Å². The number of nitrogens with two attached hydrogens (primary N) is 1. The number of alkyl halides is 3. The van der Waals surface area contributed by atoms with E-state index < -0.39 is 17.4 Å². The molecule has 0 aliphatic rings. The van der Waals surface area contributed by atoms with Gasteiger partial charge in [0.05, 0.1) is 16.3 Å². The summed E-state index contributed by atoms with van der Waals surface area (Å²) in [5.74, 6) is 0.